The van der Waals surface area contributed by atoms with Crippen LogP contribution < -0.4 is 9.21 Å². The Labute approximate surface area is 142 Å². The second kappa shape index (κ2) is 6.28. The van der Waals surface area contributed by atoms with Crippen LogP contribution in [-0.4, -0.2) is 33.2 Å². The summed E-state index contributed by atoms with van der Waals surface area (Å²) in [4.78, 5) is 14.7. The van der Waals surface area contributed by atoms with Crippen molar-refractivity contribution in [1.29, 1.82) is 0 Å². The number of nitrogens with zero attached hydrogens (tertiary/aromatic N) is 2. The number of amides is 1. The lowest BCUT2D eigenvalue weighted by atomic mass is 10.2. The van der Waals surface area contributed by atoms with Crippen LogP contribution in [0, 0.1) is 0 Å². The fourth-order valence-electron chi connectivity index (χ4n) is 3.17. The van der Waals surface area contributed by atoms with Crippen molar-refractivity contribution in [3.05, 3.63) is 60.2 Å². The molecule has 1 heterocycles. The summed E-state index contributed by atoms with van der Waals surface area (Å²) < 4.78 is 25.8. The minimum absolute atomic E-state index is 0.214. The summed E-state index contributed by atoms with van der Waals surface area (Å²) >= 11 is 0. The quantitative estimate of drug-likeness (QED) is 0.856. The zero-order valence-electron chi connectivity index (χ0n) is 13.7. The second-order valence-electron chi connectivity index (χ2n) is 5.94. The van der Waals surface area contributed by atoms with E-state index >= 15 is 0 Å². The molecule has 0 aromatic heterocycles. The summed E-state index contributed by atoms with van der Waals surface area (Å²) in [6, 6.07) is 15.7. The van der Waals surface area contributed by atoms with Gasteiger partial charge in [0.25, 0.3) is 5.91 Å². The van der Waals surface area contributed by atoms with E-state index in [1.807, 2.05) is 30.3 Å². The van der Waals surface area contributed by atoms with E-state index in [-0.39, 0.29) is 5.91 Å². The standard InChI is InChI=1S/C18H20N2O3S/c1-14(20(24(2,22)23)16-9-4-3-5-10-16)18(21)19-13-12-15-8-6-7-11-17(15)19/h3-11,14H,12-13H2,1-2H3/t14-/m0/s1. The first-order valence-electron chi connectivity index (χ1n) is 7.83. The van der Waals surface area contributed by atoms with Crippen molar-refractivity contribution in [1.82, 2.24) is 0 Å². The van der Waals surface area contributed by atoms with Crippen LogP contribution in [0.15, 0.2) is 54.6 Å². The fraction of sp³-hybridized carbons (Fsp3) is 0.278. The van der Waals surface area contributed by atoms with Gasteiger partial charge >= 0.3 is 0 Å². The molecule has 0 fully saturated rings. The number of para-hydroxylation sites is 2. The van der Waals surface area contributed by atoms with Crippen molar-refractivity contribution >= 4 is 27.3 Å². The van der Waals surface area contributed by atoms with E-state index in [1.165, 1.54) is 4.31 Å². The van der Waals surface area contributed by atoms with Gasteiger partial charge in [0.05, 0.1) is 11.9 Å². The second-order valence-corrected chi connectivity index (χ2v) is 7.80. The van der Waals surface area contributed by atoms with Gasteiger partial charge in [-0.1, -0.05) is 36.4 Å². The maximum Gasteiger partial charge on any atom is 0.250 e. The summed E-state index contributed by atoms with van der Waals surface area (Å²) in [5.74, 6) is -0.214. The zero-order valence-corrected chi connectivity index (χ0v) is 14.5. The smallest absolute Gasteiger partial charge is 0.250 e. The molecule has 2 aromatic carbocycles. The molecule has 126 valence electrons. The number of anilines is 2. The third-order valence-electron chi connectivity index (χ3n) is 4.23. The van der Waals surface area contributed by atoms with Gasteiger partial charge in [0.2, 0.25) is 10.0 Å². The first-order valence-corrected chi connectivity index (χ1v) is 9.68. The topological polar surface area (TPSA) is 57.7 Å². The number of sulfonamides is 1. The monoisotopic (exact) mass is 344 g/mol. The van der Waals surface area contributed by atoms with Gasteiger partial charge in [-0.05, 0) is 37.1 Å². The lowest BCUT2D eigenvalue weighted by Gasteiger charge is -2.31. The summed E-state index contributed by atoms with van der Waals surface area (Å²) in [5, 5.41) is 0. The predicted molar refractivity (Wildman–Crippen MR) is 95.7 cm³/mol. The number of rotatable bonds is 4. The summed E-state index contributed by atoms with van der Waals surface area (Å²) in [5.41, 5.74) is 2.48. The van der Waals surface area contributed by atoms with Gasteiger partial charge in [-0.25, -0.2) is 8.42 Å². The Morgan fingerprint density at radius 1 is 1.08 bits per heavy atom. The molecule has 2 aromatic rings. The lowest BCUT2D eigenvalue weighted by molar-refractivity contribution is -0.119. The molecule has 0 unspecified atom stereocenters. The Bertz CT molecular complexity index is 850. The van der Waals surface area contributed by atoms with Gasteiger partial charge < -0.3 is 4.90 Å². The normalized spacial score (nSPS) is 15.0. The van der Waals surface area contributed by atoms with Crippen LogP contribution in [0.1, 0.15) is 12.5 Å². The van der Waals surface area contributed by atoms with Crippen LogP contribution in [-0.2, 0) is 21.2 Å². The Kier molecular flexibility index (Phi) is 4.32. The molecule has 1 amide bonds. The van der Waals surface area contributed by atoms with Crippen molar-refractivity contribution in [2.24, 2.45) is 0 Å². The van der Waals surface area contributed by atoms with Crippen LogP contribution >= 0.6 is 0 Å². The Morgan fingerprint density at radius 3 is 2.38 bits per heavy atom. The molecule has 0 N–H and O–H groups in total. The summed E-state index contributed by atoms with van der Waals surface area (Å²) in [7, 11) is -3.58. The fourth-order valence-corrected chi connectivity index (χ4v) is 4.34. The molecule has 0 radical (unpaired) electrons. The van der Waals surface area contributed by atoms with E-state index in [0.29, 0.717) is 12.2 Å². The van der Waals surface area contributed by atoms with E-state index < -0.39 is 16.1 Å². The molecular formula is C18H20N2O3S. The molecule has 24 heavy (non-hydrogen) atoms. The maximum atomic E-state index is 13.0. The highest BCUT2D eigenvalue weighted by Crippen LogP contribution is 2.30. The van der Waals surface area contributed by atoms with Crippen LogP contribution in [0.25, 0.3) is 0 Å². The van der Waals surface area contributed by atoms with Gasteiger partial charge in [0, 0.05) is 12.2 Å². The van der Waals surface area contributed by atoms with Gasteiger partial charge in [-0.15, -0.1) is 0 Å². The predicted octanol–water partition coefficient (Wildman–Crippen LogP) is 2.43. The maximum absolute atomic E-state index is 13.0. The van der Waals surface area contributed by atoms with Gasteiger partial charge in [0.1, 0.15) is 6.04 Å². The van der Waals surface area contributed by atoms with E-state index in [2.05, 4.69) is 0 Å². The number of carbonyl (C=O) groups excluding carboxylic acids is 1. The van der Waals surface area contributed by atoms with Crippen LogP contribution in [0.4, 0.5) is 11.4 Å². The molecule has 1 aliphatic heterocycles. The summed E-state index contributed by atoms with van der Waals surface area (Å²) in [6.45, 7) is 2.21. The lowest BCUT2D eigenvalue weighted by Crippen LogP contribution is -2.49. The molecular weight excluding hydrogens is 324 g/mol. The highest BCUT2D eigenvalue weighted by Gasteiger charge is 2.34. The van der Waals surface area contributed by atoms with Crippen LogP contribution in [0.5, 0.6) is 0 Å². The van der Waals surface area contributed by atoms with E-state index in [0.717, 1.165) is 23.9 Å². The van der Waals surface area contributed by atoms with Gasteiger partial charge in [0.15, 0.2) is 0 Å². The van der Waals surface area contributed by atoms with E-state index in [4.69, 9.17) is 0 Å². The number of benzene rings is 2. The van der Waals surface area contributed by atoms with Crippen molar-refractivity contribution in [3.63, 3.8) is 0 Å². The SMILES string of the molecule is C[C@@H](C(=O)N1CCc2ccccc21)N(c1ccccc1)S(C)(=O)=O. The average Bonchev–Trinajstić information content (AvgIpc) is 2.98. The molecule has 3 rings (SSSR count). The molecule has 1 atom stereocenters. The largest absolute Gasteiger partial charge is 0.310 e. The Hall–Kier alpha value is -2.34. The third kappa shape index (κ3) is 3.01. The van der Waals surface area contributed by atoms with E-state index in [1.54, 1.807) is 36.1 Å². The van der Waals surface area contributed by atoms with Crippen LogP contribution in [0.2, 0.25) is 0 Å². The number of carbonyl (C=O) groups is 1. The molecule has 0 saturated heterocycles. The molecule has 0 spiro atoms. The number of hydrogen-bond donors (Lipinski definition) is 0. The van der Waals surface area contributed by atoms with Crippen molar-refractivity contribution in [2.75, 3.05) is 22.0 Å². The van der Waals surface area contributed by atoms with E-state index in [9.17, 15) is 13.2 Å². The minimum atomic E-state index is -3.58. The Morgan fingerprint density at radius 2 is 1.71 bits per heavy atom. The third-order valence-corrected chi connectivity index (χ3v) is 5.47. The molecule has 1 aliphatic rings. The van der Waals surface area contributed by atoms with Gasteiger partial charge in [-0.3, -0.25) is 9.10 Å². The molecule has 0 bridgehead atoms. The number of fused-ring (bicyclic) bond motifs is 1. The van der Waals surface area contributed by atoms with Crippen molar-refractivity contribution in [3.8, 4) is 0 Å². The van der Waals surface area contributed by atoms with Crippen LogP contribution in [0.3, 0.4) is 0 Å². The zero-order chi connectivity index (χ0) is 17.3. The highest BCUT2D eigenvalue weighted by atomic mass is 32.2. The Balaban J connectivity index is 1.94. The first-order chi connectivity index (χ1) is 11.4. The number of hydrogen-bond acceptors (Lipinski definition) is 3. The van der Waals surface area contributed by atoms with Gasteiger partial charge in [-0.2, -0.15) is 0 Å². The highest BCUT2D eigenvalue weighted by molar-refractivity contribution is 7.92. The minimum Gasteiger partial charge on any atom is -0.310 e. The van der Waals surface area contributed by atoms with Crippen molar-refractivity contribution < 1.29 is 13.2 Å². The average molecular weight is 344 g/mol. The van der Waals surface area contributed by atoms with Crippen molar-refractivity contribution in [2.45, 2.75) is 19.4 Å². The molecule has 5 nitrogen and oxygen atoms in total. The summed E-state index contributed by atoms with van der Waals surface area (Å²) in [6.07, 6.45) is 1.92. The first kappa shape index (κ1) is 16.5. The molecule has 6 heteroatoms. The molecule has 0 saturated carbocycles. The molecule has 0 aliphatic carbocycles.